The van der Waals surface area contributed by atoms with Gasteiger partial charge >= 0.3 is 5.97 Å². The Kier molecular flexibility index (Phi) is 6.12. The van der Waals surface area contributed by atoms with E-state index < -0.39 is 0 Å². The second-order valence-electron chi connectivity index (χ2n) is 6.90. The summed E-state index contributed by atoms with van der Waals surface area (Å²) in [5, 5.41) is 3.39. The van der Waals surface area contributed by atoms with Crippen molar-refractivity contribution in [1.82, 2.24) is 0 Å². The summed E-state index contributed by atoms with van der Waals surface area (Å²) in [5.74, 6) is -0.379. The molecule has 142 valence electrons. The Hall–Kier alpha value is -2.82. The summed E-state index contributed by atoms with van der Waals surface area (Å²) in [6, 6.07) is 11.9. The third-order valence-electron chi connectivity index (χ3n) is 5.03. The summed E-state index contributed by atoms with van der Waals surface area (Å²) < 4.78 is 4.75. The molecule has 0 spiro atoms. The Labute approximate surface area is 161 Å². The predicted molar refractivity (Wildman–Crippen MR) is 112 cm³/mol. The molecule has 0 amide bonds. The molecule has 5 heteroatoms. The van der Waals surface area contributed by atoms with Crippen LogP contribution in [0.1, 0.15) is 40.7 Å². The minimum atomic E-state index is -0.379. The quantitative estimate of drug-likeness (QED) is 0.595. The largest absolute Gasteiger partial charge is 0.465 e. The topological polar surface area (TPSA) is 53.9 Å². The molecule has 1 aliphatic rings. The van der Waals surface area contributed by atoms with E-state index in [0.717, 1.165) is 18.8 Å². The van der Waals surface area contributed by atoms with Gasteiger partial charge in [0.25, 0.3) is 0 Å². The molecule has 0 aliphatic carbocycles. The number of esters is 1. The Balaban J connectivity index is 1.70. The first kappa shape index (κ1) is 19.0. The van der Waals surface area contributed by atoms with Crippen molar-refractivity contribution < 1.29 is 9.53 Å². The van der Waals surface area contributed by atoms with Gasteiger partial charge in [-0.1, -0.05) is 12.1 Å². The summed E-state index contributed by atoms with van der Waals surface area (Å²) in [7, 11) is 1.37. The first-order chi connectivity index (χ1) is 13.1. The van der Waals surface area contributed by atoms with Crippen molar-refractivity contribution in [2.75, 3.05) is 30.4 Å². The van der Waals surface area contributed by atoms with Crippen LogP contribution in [-0.4, -0.2) is 32.9 Å². The number of aryl methyl sites for hydroxylation is 1. The Bertz CT molecular complexity index is 826. The van der Waals surface area contributed by atoms with Crippen LogP contribution in [0.25, 0.3) is 0 Å². The monoisotopic (exact) mass is 365 g/mol. The van der Waals surface area contributed by atoms with Crippen LogP contribution in [0, 0.1) is 6.92 Å². The number of anilines is 2. The summed E-state index contributed by atoms with van der Waals surface area (Å²) in [4.78, 5) is 18.2. The Morgan fingerprint density at radius 3 is 2.63 bits per heavy atom. The molecule has 0 saturated carbocycles. The predicted octanol–water partition coefficient (Wildman–Crippen LogP) is 4.72. The van der Waals surface area contributed by atoms with E-state index in [2.05, 4.69) is 47.0 Å². The molecule has 0 atom stereocenters. The molecule has 1 saturated heterocycles. The summed E-state index contributed by atoms with van der Waals surface area (Å²) in [6.07, 6.45) is 3.90. The van der Waals surface area contributed by atoms with Crippen molar-refractivity contribution in [3.05, 3.63) is 53.1 Å². The Morgan fingerprint density at radius 2 is 1.96 bits per heavy atom. The van der Waals surface area contributed by atoms with Gasteiger partial charge in [0, 0.05) is 25.3 Å². The van der Waals surface area contributed by atoms with Gasteiger partial charge in [-0.15, -0.1) is 0 Å². The van der Waals surface area contributed by atoms with Crippen molar-refractivity contribution in [3.63, 3.8) is 0 Å². The van der Waals surface area contributed by atoms with E-state index >= 15 is 0 Å². The van der Waals surface area contributed by atoms with Crippen LogP contribution in [-0.2, 0) is 11.3 Å². The first-order valence-electron chi connectivity index (χ1n) is 9.40. The van der Waals surface area contributed by atoms with E-state index in [1.165, 1.54) is 43.2 Å². The van der Waals surface area contributed by atoms with Gasteiger partial charge in [-0.3, -0.25) is 4.99 Å². The van der Waals surface area contributed by atoms with Crippen molar-refractivity contribution in [2.24, 2.45) is 4.99 Å². The highest BCUT2D eigenvalue weighted by Crippen LogP contribution is 2.28. The van der Waals surface area contributed by atoms with Gasteiger partial charge in [0.2, 0.25) is 0 Å². The van der Waals surface area contributed by atoms with Gasteiger partial charge in [0.1, 0.15) is 0 Å². The van der Waals surface area contributed by atoms with Gasteiger partial charge in [0.15, 0.2) is 0 Å². The van der Waals surface area contributed by atoms with Crippen molar-refractivity contribution in [1.29, 1.82) is 0 Å². The average Bonchev–Trinajstić information content (AvgIpc) is 2.72. The molecule has 3 rings (SSSR count). The molecule has 0 unspecified atom stereocenters. The van der Waals surface area contributed by atoms with Crippen molar-refractivity contribution in [2.45, 2.75) is 32.7 Å². The van der Waals surface area contributed by atoms with Crippen LogP contribution < -0.4 is 10.2 Å². The average molecular weight is 365 g/mol. The molecule has 0 radical (unpaired) electrons. The number of hydrogen-bond donors (Lipinski definition) is 1. The van der Waals surface area contributed by atoms with Crippen LogP contribution in [0.5, 0.6) is 0 Å². The highest BCUT2D eigenvalue weighted by atomic mass is 16.5. The molecule has 1 fully saturated rings. The van der Waals surface area contributed by atoms with E-state index in [1.807, 2.05) is 6.07 Å². The van der Waals surface area contributed by atoms with E-state index in [1.54, 1.807) is 12.1 Å². The number of rotatable bonds is 6. The molecule has 1 aliphatic heterocycles. The number of piperidine rings is 1. The number of nitrogens with one attached hydrogen (secondary N) is 1. The maximum Gasteiger partial charge on any atom is 0.337 e. The number of methoxy groups -OCH3 is 1. The molecule has 2 aromatic rings. The molecular formula is C22H27N3O2. The van der Waals surface area contributed by atoms with E-state index in [4.69, 9.17) is 4.74 Å². The fraction of sp³-hybridized carbons (Fsp3) is 0.364. The standard InChI is InChI=1S/C22H27N3O2/c1-16-13-17(7-10-21(16)25-11-5-4-6-12-25)15-24-19-9-8-18(22(26)27-3)14-20(19)23-2/h7-10,13-14,24H,2,4-6,11-12,15H2,1,3H3. The van der Waals surface area contributed by atoms with Gasteiger partial charge in [0.05, 0.1) is 24.0 Å². The maximum absolute atomic E-state index is 11.7. The van der Waals surface area contributed by atoms with Crippen LogP contribution in [0.2, 0.25) is 0 Å². The smallest absolute Gasteiger partial charge is 0.337 e. The Morgan fingerprint density at radius 1 is 1.19 bits per heavy atom. The normalized spacial score (nSPS) is 13.9. The second kappa shape index (κ2) is 8.71. The lowest BCUT2D eigenvalue weighted by Crippen LogP contribution is -2.29. The van der Waals surface area contributed by atoms with Gasteiger partial charge in [-0.2, -0.15) is 0 Å². The third-order valence-corrected chi connectivity index (χ3v) is 5.03. The van der Waals surface area contributed by atoms with E-state index in [-0.39, 0.29) is 5.97 Å². The molecule has 0 aromatic heterocycles. The van der Waals surface area contributed by atoms with Gasteiger partial charge in [-0.25, -0.2) is 4.79 Å². The minimum Gasteiger partial charge on any atom is -0.465 e. The van der Waals surface area contributed by atoms with Crippen molar-refractivity contribution >= 4 is 29.7 Å². The highest BCUT2D eigenvalue weighted by molar-refractivity contribution is 5.91. The summed E-state index contributed by atoms with van der Waals surface area (Å²) in [6.45, 7) is 8.76. The number of nitrogens with zero attached hydrogens (tertiary/aromatic N) is 2. The molecule has 2 aromatic carbocycles. The fourth-order valence-electron chi connectivity index (χ4n) is 3.57. The molecule has 5 nitrogen and oxygen atoms in total. The lowest BCUT2D eigenvalue weighted by Gasteiger charge is -2.30. The van der Waals surface area contributed by atoms with Gasteiger partial charge < -0.3 is 15.0 Å². The third kappa shape index (κ3) is 4.48. The van der Waals surface area contributed by atoms with Crippen LogP contribution in [0.4, 0.5) is 17.1 Å². The number of hydrogen-bond acceptors (Lipinski definition) is 5. The second-order valence-corrected chi connectivity index (χ2v) is 6.90. The maximum atomic E-state index is 11.7. The van der Waals surface area contributed by atoms with Crippen LogP contribution >= 0.6 is 0 Å². The number of carbonyl (C=O) groups is 1. The van der Waals surface area contributed by atoms with E-state index in [9.17, 15) is 4.79 Å². The molecule has 1 N–H and O–H groups in total. The number of aliphatic imine (C=N–C) groups is 1. The van der Waals surface area contributed by atoms with Crippen LogP contribution in [0.3, 0.4) is 0 Å². The first-order valence-corrected chi connectivity index (χ1v) is 9.40. The number of carbonyl (C=O) groups excluding carboxylic acids is 1. The number of benzene rings is 2. The zero-order chi connectivity index (χ0) is 19.2. The molecule has 1 heterocycles. The minimum absolute atomic E-state index is 0.379. The van der Waals surface area contributed by atoms with Crippen molar-refractivity contribution in [3.8, 4) is 0 Å². The summed E-state index contributed by atoms with van der Waals surface area (Å²) in [5.41, 5.74) is 5.80. The lowest BCUT2D eigenvalue weighted by molar-refractivity contribution is 0.0601. The van der Waals surface area contributed by atoms with Gasteiger partial charge in [-0.05, 0) is 68.3 Å². The fourth-order valence-corrected chi connectivity index (χ4v) is 3.57. The van der Waals surface area contributed by atoms with E-state index in [0.29, 0.717) is 17.8 Å². The lowest BCUT2D eigenvalue weighted by atomic mass is 10.1. The molecular weight excluding hydrogens is 338 g/mol. The zero-order valence-electron chi connectivity index (χ0n) is 16.1. The summed E-state index contributed by atoms with van der Waals surface area (Å²) >= 11 is 0. The SMILES string of the molecule is C=Nc1cc(C(=O)OC)ccc1NCc1ccc(N2CCCCC2)c(C)c1. The number of ether oxygens (including phenoxy) is 1. The zero-order valence-corrected chi connectivity index (χ0v) is 16.1. The molecule has 27 heavy (non-hydrogen) atoms. The highest BCUT2D eigenvalue weighted by Gasteiger charge is 2.13. The van der Waals surface area contributed by atoms with Crippen LogP contribution in [0.15, 0.2) is 41.4 Å². The molecule has 0 bridgehead atoms.